The van der Waals surface area contributed by atoms with Crippen molar-refractivity contribution >= 4 is 11.9 Å². The molecule has 0 saturated heterocycles. The number of allylic oxidation sites excluding steroid dienone is 2. The summed E-state index contributed by atoms with van der Waals surface area (Å²) < 4.78 is 5.36. The first kappa shape index (κ1) is 25.6. The van der Waals surface area contributed by atoms with Crippen molar-refractivity contribution in [2.75, 3.05) is 0 Å². The highest BCUT2D eigenvalue weighted by Crippen LogP contribution is 2.22. The van der Waals surface area contributed by atoms with Crippen LogP contribution in [0.5, 0.6) is 0 Å². The average Bonchev–Trinajstić information content (AvgIpc) is 2.66. The monoisotopic (exact) mass is 378 g/mol. The lowest BCUT2D eigenvalue weighted by Gasteiger charge is -2.18. The molecule has 27 heavy (non-hydrogen) atoms. The lowest BCUT2D eigenvalue weighted by atomic mass is 9.94. The molecule has 0 bridgehead atoms. The second-order valence-corrected chi connectivity index (χ2v) is 7.56. The number of rotatable bonds is 18. The van der Waals surface area contributed by atoms with Gasteiger partial charge in [0.25, 0.3) is 0 Å². The van der Waals surface area contributed by atoms with Crippen molar-refractivity contribution in [2.24, 2.45) is 11.8 Å². The maximum absolute atomic E-state index is 12.6. The lowest BCUT2D eigenvalue weighted by molar-refractivity contribution is -0.166. The van der Waals surface area contributed by atoms with Crippen molar-refractivity contribution in [3.8, 4) is 0 Å². The highest BCUT2D eigenvalue weighted by atomic mass is 16.6. The summed E-state index contributed by atoms with van der Waals surface area (Å²) in [5.74, 6) is -0.906. The Labute approximate surface area is 167 Å². The van der Waals surface area contributed by atoms with E-state index in [0.29, 0.717) is 0 Å². The summed E-state index contributed by atoms with van der Waals surface area (Å²) in [4.78, 5) is 25.2. The number of carbonyl (C=O) groups excluding carboxylic acids is 2. The van der Waals surface area contributed by atoms with Gasteiger partial charge in [0, 0.05) is 0 Å². The molecule has 156 valence electrons. The van der Waals surface area contributed by atoms with Crippen molar-refractivity contribution in [1.82, 2.24) is 0 Å². The van der Waals surface area contributed by atoms with E-state index in [1.165, 1.54) is 0 Å². The molecular weight excluding hydrogens is 336 g/mol. The standard InChI is InChI=1S/C24H42O3/c1-5-9-13-15-19-21(17-11-7-3)23(25)27-24(26)22(18-12-8-4)20-16-14-10-6-2/h5-6,21-22H,1-2,7-20H2,3-4H3. The molecule has 0 aromatic heterocycles. The van der Waals surface area contributed by atoms with E-state index in [0.717, 1.165) is 89.9 Å². The molecular formula is C24H42O3. The molecule has 0 saturated carbocycles. The van der Waals surface area contributed by atoms with Gasteiger partial charge in [0.1, 0.15) is 0 Å². The first-order valence-corrected chi connectivity index (χ1v) is 11.1. The molecule has 0 aromatic rings. The van der Waals surface area contributed by atoms with Gasteiger partial charge >= 0.3 is 11.9 Å². The number of carbonyl (C=O) groups is 2. The topological polar surface area (TPSA) is 43.4 Å². The van der Waals surface area contributed by atoms with Gasteiger partial charge < -0.3 is 4.74 Å². The van der Waals surface area contributed by atoms with Crippen LogP contribution in [0.25, 0.3) is 0 Å². The Morgan fingerprint density at radius 3 is 1.41 bits per heavy atom. The molecule has 0 fully saturated rings. The van der Waals surface area contributed by atoms with Crippen molar-refractivity contribution < 1.29 is 14.3 Å². The fraction of sp³-hybridized carbons (Fsp3) is 0.750. The normalized spacial score (nSPS) is 13.0. The fourth-order valence-corrected chi connectivity index (χ4v) is 3.29. The maximum Gasteiger partial charge on any atom is 0.316 e. The van der Waals surface area contributed by atoms with Gasteiger partial charge in [-0.05, 0) is 51.4 Å². The number of hydrogen-bond acceptors (Lipinski definition) is 3. The highest BCUT2D eigenvalue weighted by Gasteiger charge is 2.26. The summed E-state index contributed by atoms with van der Waals surface area (Å²) in [7, 11) is 0. The number of esters is 2. The third kappa shape index (κ3) is 13.4. The predicted molar refractivity (Wildman–Crippen MR) is 114 cm³/mol. The first-order chi connectivity index (χ1) is 13.1. The Morgan fingerprint density at radius 1 is 0.704 bits per heavy atom. The van der Waals surface area contributed by atoms with E-state index >= 15 is 0 Å². The van der Waals surface area contributed by atoms with Gasteiger partial charge in [0.15, 0.2) is 0 Å². The largest absolute Gasteiger partial charge is 0.393 e. The van der Waals surface area contributed by atoms with Crippen LogP contribution in [0.15, 0.2) is 25.3 Å². The third-order valence-electron chi connectivity index (χ3n) is 5.10. The van der Waals surface area contributed by atoms with Gasteiger partial charge in [-0.25, -0.2) is 0 Å². The molecule has 0 heterocycles. The second kappa shape index (κ2) is 18.0. The quantitative estimate of drug-likeness (QED) is 0.110. The van der Waals surface area contributed by atoms with Crippen molar-refractivity contribution in [3.05, 3.63) is 25.3 Å². The van der Waals surface area contributed by atoms with Gasteiger partial charge in [-0.15, -0.1) is 13.2 Å². The molecule has 3 heteroatoms. The molecule has 3 nitrogen and oxygen atoms in total. The van der Waals surface area contributed by atoms with E-state index < -0.39 is 0 Å². The molecule has 0 spiro atoms. The third-order valence-corrected chi connectivity index (χ3v) is 5.10. The van der Waals surface area contributed by atoms with Crippen LogP contribution in [0.1, 0.15) is 104 Å². The minimum absolute atomic E-state index is 0.147. The number of unbranched alkanes of at least 4 members (excludes halogenated alkanes) is 6. The van der Waals surface area contributed by atoms with Crippen molar-refractivity contribution in [1.29, 1.82) is 0 Å². The maximum atomic E-state index is 12.6. The lowest BCUT2D eigenvalue weighted by Crippen LogP contribution is -2.26. The summed E-state index contributed by atoms with van der Waals surface area (Å²) in [6, 6.07) is 0. The van der Waals surface area contributed by atoms with Gasteiger partial charge in [-0.1, -0.05) is 64.5 Å². The van der Waals surface area contributed by atoms with Crippen molar-refractivity contribution in [2.45, 2.75) is 104 Å². The van der Waals surface area contributed by atoms with E-state index in [4.69, 9.17) is 4.74 Å². The average molecular weight is 379 g/mol. The Bertz CT molecular complexity index is 376. The summed E-state index contributed by atoms with van der Waals surface area (Å²) in [5, 5.41) is 0. The van der Waals surface area contributed by atoms with E-state index in [9.17, 15) is 9.59 Å². The van der Waals surface area contributed by atoms with Crippen LogP contribution >= 0.6 is 0 Å². The van der Waals surface area contributed by atoms with E-state index in [1.54, 1.807) is 0 Å². The molecule has 0 radical (unpaired) electrons. The van der Waals surface area contributed by atoms with Gasteiger partial charge in [-0.3, -0.25) is 9.59 Å². The molecule has 2 unspecified atom stereocenters. The zero-order valence-corrected chi connectivity index (χ0v) is 17.8. The fourth-order valence-electron chi connectivity index (χ4n) is 3.29. The minimum atomic E-state index is -0.306. The van der Waals surface area contributed by atoms with E-state index in [2.05, 4.69) is 27.0 Å². The first-order valence-electron chi connectivity index (χ1n) is 11.1. The smallest absolute Gasteiger partial charge is 0.316 e. The van der Waals surface area contributed by atoms with Crippen LogP contribution < -0.4 is 0 Å². The second-order valence-electron chi connectivity index (χ2n) is 7.56. The zero-order valence-electron chi connectivity index (χ0n) is 17.8. The summed E-state index contributed by atoms with van der Waals surface area (Å²) in [6.07, 6.45) is 17.1. The molecule has 0 aliphatic heterocycles. The molecule has 0 aliphatic carbocycles. The Hall–Kier alpha value is -1.38. The van der Waals surface area contributed by atoms with Crippen LogP contribution in [0.2, 0.25) is 0 Å². The Kier molecular flexibility index (Phi) is 17.1. The molecule has 0 aliphatic rings. The van der Waals surface area contributed by atoms with E-state index in [-0.39, 0.29) is 23.8 Å². The molecule has 0 amide bonds. The van der Waals surface area contributed by atoms with Crippen LogP contribution in [0.4, 0.5) is 0 Å². The van der Waals surface area contributed by atoms with Crippen LogP contribution in [0, 0.1) is 11.8 Å². The van der Waals surface area contributed by atoms with Crippen LogP contribution in [-0.4, -0.2) is 11.9 Å². The van der Waals surface area contributed by atoms with Gasteiger partial charge in [0.05, 0.1) is 11.8 Å². The molecule has 2 atom stereocenters. The van der Waals surface area contributed by atoms with Gasteiger partial charge in [0.2, 0.25) is 0 Å². The molecule has 0 aromatic carbocycles. The Balaban J connectivity index is 4.65. The SMILES string of the molecule is C=CCCCCC(CCCC)C(=O)OC(=O)C(CCCC)CCCCC=C. The van der Waals surface area contributed by atoms with Crippen molar-refractivity contribution in [3.63, 3.8) is 0 Å². The minimum Gasteiger partial charge on any atom is -0.393 e. The summed E-state index contributed by atoms with van der Waals surface area (Å²) in [5.41, 5.74) is 0. The number of ether oxygens (including phenoxy) is 1. The predicted octanol–water partition coefficient (Wildman–Crippen LogP) is 7.16. The van der Waals surface area contributed by atoms with Crippen LogP contribution in [0.3, 0.4) is 0 Å². The highest BCUT2D eigenvalue weighted by molar-refractivity contribution is 5.87. The zero-order chi connectivity index (χ0) is 20.3. The van der Waals surface area contributed by atoms with Gasteiger partial charge in [-0.2, -0.15) is 0 Å². The van der Waals surface area contributed by atoms with E-state index in [1.807, 2.05) is 12.2 Å². The Morgan fingerprint density at radius 2 is 1.07 bits per heavy atom. The molecule has 0 rings (SSSR count). The number of hydrogen-bond donors (Lipinski definition) is 0. The summed E-state index contributed by atoms with van der Waals surface area (Å²) in [6.45, 7) is 11.7. The van der Waals surface area contributed by atoms with Crippen LogP contribution in [-0.2, 0) is 14.3 Å². The molecule has 0 N–H and O–H groups in total. The summed E-state index contributed by atoms with van der Waals surface area (Å²) >= 11 is 0.